The van der Waals surface area contributed by atoms with Crippen molar-refractivity contribution in [2.75, 3.05) is 5.75 Å². The van der Waals surface area contributed by atoms with Gasteiger partial charge >= 0.3 is 5.69 Å². The first-order valence-electron chi connectivity index (χ1n) is 7.57. The maximum absolute atomic E-state index is 12.5. The van der Waals surface area contributed by atoms with Crippen molar-refractivity contribution in [3.8, 4) is 6.07 Å². The molecule has 0 aliphatic heterocycles. The fraction of sp³-hybridized carbons (Fsp3) is 0.600. The number of nitriles is 1. The Morgan fingerprint density at radius 1 is 1.22 bits per heavy atom. The van der Waals surface area contributed by atoms with Gasteiger partial charge in [-0.3, -0.25) is 13.9 Å². The van der Waals surface area contributed by atoms with E-state index in [0.717, 1.165) is 28.3 Å². The summed E-state index contributed by atoms with van der Waals surface area (Å²) in [5.74, 6) is 0.825. The molecule has 8 heteroatoms. The minimum atomic E-state index is -0.374. The first-order valence-corrected chi connectivity index (χ1v) is 8.56. The van der Waals surface area contributed by atoms with Gasteiger partial charge in [-0.15, -0.1) is 0 Å². The molecule has 0 aromatic carbocycles. The highest BCUT2D eigenvalue weighted by atomic mass is 32.2. The summed E-state index contributed by atoms with van der Waals surface area (Å²) >= 11 is 1.56. The van der Waals surface area contributed by atoms with Crippen LogP contribution >= 0.6 is 11.8 Å². The largest absolute Gasteiger partial charge is 0.332 e. The van der Waals surface area contributed by atoms with Crippen molar-refractivity contribution in [3.63, 3.8) is 0 Å². The molecular formula is C15H21N5O2S. The molecule has 2 heterocycles. The van der Waals surface area contributed by atoms with E-state index in [2.05, 4.69) is 11.1 Å². The average Bonchev–Trinajstić information content (AvgIpc) is 2.90. The van der Waals surface area contributed by atoms with E-state index in [0.29, 0.717) is 17.6 Å². The molecule has 0 fully saturated rings. The van der Waals surface area contributed by atoms with E-state index in [1.54, 1.807) is 18.8 Å². The van der Waals surface area contributed by atoms with E-state index in [4.69, 9.17) is 5.26 Å². The third kappa shape index (κ3) is 3.20. The zero-order valence-corrected chi connectivity index (χ0v) is 14.7. The molecular weight excluding hydrogens is 314 g/mol. The second kappa shape index (κ2) is 7.04. The lowest BCUT2D eigenvalue weighted by Crippen LogP contribution is -2.37. The summed E-state index contributed by atoms with van der Waals surface area (Å²) in [4.78, 5) is 29.1. The minimum absolute atomic E-state index is 0.0619. The summed E-state index contributed by atoms with van der Waals surface area (Å²) in [6.07, 6.45) is 2.32. The van der Waals surface area contributed by atoms with Crippen LogP contribution in [-0.2, 0) is 14.1 Å². The zero-order valence-electron chi connectivity index (χ0n) is 13.9. The average molecular weight is 335 g/mol. The highest BCUT2D eigenvalue weighted by molar-refractivity contribution is 7.99. The van der Waals surface area contributed by atoms with E-state index in [1.807, 2.05) is 18.4 Å². The maximum atomic E-state index is 12.5. The van der Waals surface area contributed by atoms with Crippen LogP contribution in [0.1, 0.15) is 39.2 Å². The van der Waals surface area contributed by atoms with Crippen molar-refractivity contribution < 1.29 is 0 Å². The van der Waals surface area contributed by atoms with Gasteiger partial charge in [0, 0.05) is 32.3 Å². The van der Waals surface area contributed by atoms with Crippen LogP contribution in [0, 0.1) is 11.3 Å². The molecule has 0 saturated carbocycles. The Labute approximate surface area is 138 Å². The number of aryl methyl sites for hydroxylation is 1. The summed E-state index contributed by atoms with van der Waals surface area (Å²) in [6, 6.07) is 2.19. The topological polar surface area (TPSA) is 85.6 Å². The Hall–Kier alpha value is -2.01. The van der Waals surface area contributed by atoms with Crippen LogP contribution in [0.4, 0.5) is 0 Å². The lowest BCUT2D eigenvalue weighted by molar-refractivity contribution is 0.562. The highest BCUT2D eigenvalue weighted by Crippen LogP contribution is 2.26. The van der Waals surface area contributed by atoms with Gasteiger partial charge in [-0.05, 0) is 26.7 Å². The molecule has 124 valence electrons. The summed E-state index contributed by atoms with van der Waals surface area (Å²) in [5, 5.41) is 9.31. The van der Waals surface area contributed by atoms with Crippen molar-refractivity contribution in [1.29, 1.82) is 5.26 Å². The van der Waals surface area contributed by atoms with Gasteiger partial charge in [-0.2, -0.15) is 5.26 Å². The Morgan fingerprint density at radius 3 is 2.52 bits per heavy atom. The van der Waals surface area contributed by atoms with Crippen LogP contribution < -0.4 is 11.2 Å². The normalized spacial score (nSPS) is 11.3. The lowest BCUT2D eigenvalue weighted by Gasteiger charge is -2.12. The number of thioether (sulfide) groups is 1. The second-order valence-corrected chi connectivity index (χ2v) is 6.76. The smallest absolute Gasteiger partial charge is 0.311 e. The monoisotopic (exact) mass is 335 g/mol. The quantitative estimate of drug-likeness (QED) is 0.593. The number of aromatic nitrogens is 4. The molecule has 2 aromatic rings. The molecule has 0 spiro atoms. The predicted molar refractivity (Wildman–Crippen MR) is 90.8 cm³/mol. The second-order valence-electron chi connectivity index (χ2n) is 5.70. The van der Waals surface area contributed by atoms with Gasteiger partial charge in [-0.25, -0.2) is 9.78 Å². The summed E-state index contributed by atoms with van der Waals surface area (Å²) < 4.78 is 4.42. The number of fused-ring (bicyclic) bond motifs is 1. The molecule has 0 radical (unpaired) electrons. The number of hydrogen-bond acceptors (Lipinski definition) is 5. The fourth-order valence-corrected chi connectivity index (χ4v) is 3.57. The Morgan fingerprint density at radius 2 is 1.91 bits per heavy atom. The van der Waals surface area contributed by atoms with Crippen LogP contribution in [0.2, 0.25) is 0 Å². The third-order valence-corrected chi connectivity index (χ3v) is 4.73. The molecule has 23 heavy (non-hydrogen) atoms. The highest BCUT2D eigenvalue weighted by Gasteiger charge is 2.20. The summed E-state index contributed by atoms with van der Waals surface area (Å²) in [6.45, 7) is 3.98. The third-order valence-electron chi connectivity index (χ3n) is 3.69. The van der Waals surface area contributed by atoms with E-state index in [9.17, 15) is 9.59 Å². The van der Waals surface area contributed by atoms with Crippen LogP contribution in [0.25, 0.3) is 11.2 Å². The van der Waals surface area contributed by atoms with Crippen molar-refractivity contribution in [3.05, 3.63) is 20.8 Å². The van der Waals surface area contributed by atoms with E-state index >= 15 is 0 Å². The first kappa shape index (κ1) is 17.3. The van der Waals surface area contributed by atoms with Crippen molar-refractivity contribution >= 4 is 22.9 Å². The predicted octanol–water partition coefficient (Wildman–Crippen LogP) is 1.80. The van der Waals surface area contributed by atoms with E-state index in [1.165, 1.54) is 11.6 Å². The Bertz CT molecular complexity index is 869. The number of imidazole rings is 1. The number of rotatable bonds is 6. The number of unbranched alkanes of at least 4 members (excludes halogenated alkanes) is 2. The van der Waals surface area contributed by atoms with Gasteiger partial charge in [0.1, 0.15) is 0 Å². The van der Waals surface area contributed by atoms with Crippen LogP contribution in [0.15, 0.2) is 14.7 Å². The molecule has 7 nitrogen and oxygen atoms in total. The Kier molecular flexibility index (Phi) is 5.31. The van der Waals surface area contributed by atoms with Gasteiger partial charge < -0.3 is 4.57 Å². The summed E-state index contributed by atoms with van der Waals surface area (Å²) in [5.41, 5.74) is 0.192. The van der Waals surface area contributed by atoms with Crippen molar-refractivity contribution in [2.45, 2.75) is 44.3 Å². The minimum Gasteiger partial charge on any atom is -0.311 e. The van der Waals surface area contributed by atoms with Gasteiger partial charge in [-0.1, -0.05) is 11.8 Å². The van der Waals surface area contributed by atoms with Crippen LogP contribution in [-0.4, -0.2) is 24.4 Å². The molecule has 2 aromatic heterocycles. The maximum Gasteiger partial charge on any atom is 0.332 e. The van der Waals surface area contributed by atoms with Crippen LogP contribution in [0.5, 0.6) is 0 Å². The lowest BCUT2D eigenvalue weighted by atomic mass is 10.3. The molecule has 0 unspecified atom stereocenters. The van der Waals surface area contributed by atoms with E-state index in [-0.39, 0.29) is 17.3 Å². The van der Waals surface area contributed by atoms with E-state index < -0.39 is 0 Å². The van der Waals surface area contributed by atoms with Crippen molar-refractivity contribution in [2.24, 2.45) is 14.1 Å². The van der Waals surface area contributed by atoms with Crippen LogP contribution in [0.3, 0.4) is 0 Å². The van der Waals surface area contributed by atoms with Gasteiger partial charge in [0.15, 0.2) is 16.3 Å². The molecule has 2 rings (SSSR count). The van der Waals surface area contributed by atoms with Gasteiger partial charge in [0.25, 0.3) is 5.56 Å². The fourth-order valence-electron chi connectivity index (χ4n) is 2.45. The number of nitrogens with zero attached hydrogens (tertiary/aromatic N) is 5. The SMILES string of the molecule is CC(C)n1c(SCCCCC#N)nc2c1c(=O)n(C)c(=O)n2C. The molecule has 0 saturated heterocycles. The Balaban J connectivity index is 2.50. The molecule has 0 aliphatic carbocycles. The van der Waals surface area contributed by atoms with Gasteiger partial charge in [0.05, 0.1) is 6.07 Å². The zero-order chi connectivity index (χ0) is 17.1. The molecule has 0 aliphatic rings. The molecule has 0 atom stereocenters. The molecule has 0 bridgehead atoms. The summed E-state index contributed by atoms with van der Waals surface area (Å²) in [7, 11) is 3.11. The standard InChI is InChI=1S/C15H21N5O2S/c1-10(2)20-11-12(18(3)15(22)19(4)13(11)21)17-14(20)23-9-7-5-6-8-16/h10H,5-7,9H2,1-4H3. The number of hydrogen-bond donors (Lipinski definition) is 0. The first-order chi connectivity index (χ1) is 10.9. The molecule has 0 N–H and O–H groups in total. The molecule has 0 amide bonds. The van der Waals surface area contributed by atoms with Crippen molar-refractivity contribution in [1.82, 2.24) is 18.7 Å². The van der Waals surface area contributed by atoms with Gasteiger partial charge in [0.2, 0.25) is 0 Å².